The number of aliphatic hydroxyl groups is 1. The molecule has 1 heterocycles. The number of likely N-dealkylation sites (N-methyl/N-ethyl adjacent to an activating group) is 1. The standard InChI is InChI=1S/C27H34N2O6/c1-6-7-14-35-21-11-9-19(15-17(21)2)25(31)23-24(18-8-10-20(30)22(16-18)34-5)29(13-12-28(3)4)27(33)26(23)32/h8-11,15-16,24,30-31H,6-7,12-14H2,1-5H3/b25-23+. The maximum absolute atomic E-state index is 13.2. The first kappa shape index (κ1) is 26.1. The van der Waals surface area contributed by atoms with Gasteiger partial charge in [0.15, 0.2) is 11.5 Å². The Morgan fingerprint density at radius 2 is 1.86 bits per heavy atom. The lowest BCUT2D eigenvalue weighted by Crippen LogP contribution is -2.35. The zero-order valence-electron chi connectivity index (χ0n) is 21.0. The van der Waals surface area contributed by atoms with Crippen LogP contribution in [0.2, 0.25) is 0 Å². The summed E-state index contributed by atoms with van der Waals surface area (Å²) in [4.78, 5) is 29.6. The number of hydrogen-bond acceptors (Lipinski definition) is 7. The van der Waals surface area contributed by atoms with Crippen molar-refractivity contribution in [2.24, 2.45) is 0 Å². The van der Waals surface area contributed by atoms with Crippen molar-refractivity contribution in [3.63, 3.8) is 0 Å². The minimum Gasteiger partial charge on any atom is -0.507 e. The van der Waals surface area contributed by atoms with Gasteiger partial charge in [-0.25, -0.2) is 0 Å². The van der Waals surface area contributed by atoms with Gasteiger partial charge in [0.2, 0.25) is 0 Å². The number of carbonyl (C=O) groups excluding carboxylic acids is 2. The summed E-state index contributed by atoms with van der Waals surface area (Å²) < 4.78 is 11.0. The van der Waals surface area contributed by atoms with Gasteiger partial charge < -0.3 is 29.5 Å². The van der Waals surface area contributed by atoms with Crippen LogP contribution in [0.25, 0.3) is 5.76 Å². The number of aromatic hydroxyl groups is 1. The van der Waals surface area contributed by atoms with Crippen molar-refractivity contribution in [2.75, 3.05) is 40.9 Å². The zero-order chi connectivity index (χ0) is 25.7. The third-order valence-corrected chi connectivity index (χ3v) is 6.05. The molecule has 2 N–H and O–H groups in total. The van der Waals surface area contributed by atoms with E-state index in [-0.39, 0.29) is 29.4 Å². The molecule has 3 rings (SSSR count). The Morgan fingerprint density at radius 1 is 1.11 bits per heavy atom. The number of Topliss-reactive ketones (excluding diaryl/α,β-unsaturated/α-hetero) is 1. The number of hydrogen-bond donors (Lipinski definition) is 2. The van der Waals surface area contributed by atoms with Crippen LogP contribution in [-0.4, -0.2) is 72.6 Å². The smallest absolute Gasteiger partial charge is 0.295 e. The first-order chi connectivity index (χ1) is 16.7. The first-order valence-corrected chi connectivity index (χ1v) is 11.7. The number of ketones is 1. The van der Waals surface area contributed by atoms with Gasteiger partial charge in [0.1, 0.15) is 11.5 Å². The van der Waals surface area contributed by atoms with E-state index in [2.05, 4.69) is 6.92 Å². The summed E-state index contributed by atoms with van der Waals surface area (Å²) in [7, 11) is 5.18. The van der Waals surface area contributed by atoms with E-state index in [0.29, 0.717) is 30.0 Å². The fraction of sp³-hybridized carbons (Fsp3) is 0.407. The van der Waals surface area contributed by atoms with Crippen LogP contribution >= 0.6 is 0 Å². The normalized spacial score (nSPS) is 17.3. The van der Waals surface area contributed by atoms with Crippen molar-refractivity contribution < 1.29 is 29.3 Å². The number of aliphatic hydroxyl groups excluding tert-OH is 1. The average Bonchev–Trinajstić information content (AvgIpc) is 3.08. The molecule has 0 radical (unpaired) electrons. The molecular formula is C27H34N2O6. The van der Waals surface area contributed by atoms with Crippen molar-refractivity contribution in [1.82, 2.24) is 9.80 Å². The number of carbonyl (C=O) groups is 2. The Balaban J connectivity index is 2.10. The summed E-state index contributed by atoms with van der Waals surface area (Å²) in [5.74, 6) is -0.820. The van der Waals surface area contributed by atoms with E-state index >= 15 is 0 Å². The summed E-state index contributed by atoms with van der Waals surface area (Å²) in [6.45, 7) is 5.37. The maximum Gasteiger partial charge on any atom is 0.295 e. The lowest BCUT2D eigenvalue weighted by molar-refractivity contribution is -0.140. The van der Waals surface area contributed by atoms with Crippen molar-refractivity contribution in [3.8, 4) is 17.2 Å². The van der Waals surface area contributed by atoms with Crippen molar-refractivity contribution in [1.29, 1.82) is 0 Å². The van der Waals surface area contributed by atoms with Crippen LogP contribution in [0.4, 0.5) is 0 Å². The van der Waals surface area contributed by atoms with Gasteiger partial charge in [-0.2, -0.15) is 0 Å². The largest absolute Gasteiger partial charge is 0.507 e. The predicted molar refractivity (Wildman–Crippen MR) is 134 cm³/mol. The van der Waals surface area contributed by atoms with E-state index < -0.39 is 17.7 Å². The Kier molecular flexibility index (Phi) is 8.40. The van der Waals surface area contributed by atoms with Gasteiger partial charge in [0.05, 0.1) is 25.3 Å². The summed E-state index contributed by atoms with van der Waals surface area (Å²) in [6.07, 6.45) is 1.96. The Labute approximate surface area is 206 Å². The lowest BCUT2D eigenvalue weighted by Gasteiger charge is -2.27. The van der Waals surface area contributed by atoms with Gasteiger partial charge in [-0.3, -0.25) is 9.59 Å². The molecule has 35 heavy (non-hydrogen) atoms. The highest BCUT2D eigenvalue weighted by Crippen LogP contribution is 2.42. The zero-order valence-corrected chi connectivity index (χ0v) is 21.0. The second kappa shape index (κ2) is 11.3. The van der Waals surface area contributed by atoms with Gasteiger partial charge in [-0.15, -0.1) is 0 Å². The van der Waals surface area contributed by atoms with Gasteiger partial charge in [0, 0.05) is 18.7 Å². The maximum atomic E-state index is 13.2. The monoisotopic (exact) mass is 482 g/mol. The number of rotatable bonds is 10. The molecule has 0 saturated carbocycles. The number of benzene rings is 2. The Hall–Kier alpha value is -3.52. The van der Waals surface area contributed by atoms with Crippen LogP contribution in [0.3, 0.4) is 0 Å². The van der Waals surface area contributed by atoms with Crippen molar-refractivity contribution >= 4 is 17.4 Å². The summed E-state index contributed by atoms with van der Waals surface area (Å²) in [6, 6.07) is 9.03. The summed E-state index contributed by atoms with van der Waals surface area (Å²) in [5.41, 5.74) is 1.79. The molecule has 8 nitrogen and oxygen atoms in total. The number of amides is 1. The summed E-state index contributed by atoms with van der Waals surface area (Å²) >= 11 is 0. The van der Waals surface area contributed by atoms with E-state index in [4.69, 9.17) is 9.47 Å². The molecule has 1 saturated heterocycles. The van der Waals surface area contributed by atoms with Crippen LogP contribution in [0.15, 0.2) is 42.0 Å². The number of aryl methyl sites for hydroxylation is 1. The number of unbranched alkanes of at least 4 members (excludes halogenated alkanes) is 1. The second-order valence-electron chi connectivity index (χ2n) is 8.91. The lowest BCUT2D eigenvalue weighted by atomic mass is 9.94. The third kappa shape index (κ3) is 5.59. The molecule has 1 aliphatic rings. The van der Waals surface area contributed by atoms with E-state index in [1.807, 2.05) is 25.9 Å². The minimum absolute atomic E-state index is 0.000510. The predicted octanol–water partition coefficient (Wildman–Crippen LogP) is 3.87. The van der Waals surface area contributed by atoms with Gasteiger partial charge in [-0.05, 0) is 68.9 Å². The number of likely N-dealkylation sites (tertiary alicyclic amines) is 1. The molecule has 0 bridgehead atoms. The van der Waals surface area contributed by atoms with Crippen LogP contribution in [0.1, 0.15) is 42.5 Å². The molecule has 1 unspecified atom stereocenters. The Morgan fingerprint density at radius 3 is 2.49 bits per heavy atom. The molecule has 0 aliphatic carbocycles. The number of methoxy groups -OCH3 is 1. The van der Waals surface area contributed by atoms with Crippen LogP contribution in [0, 0.1) is 6.92 Å². The van der Waals surface area contributed by atoms with E-state index in [1.165, 1.54) is 18.1 Å². The highest BCUT2D eigenvalue weighted by molar-refractivity contribution is 6.46. The van der Waals surface area contributed by atoms with Gasteiger partial charge >= 0.3 is 0 Å². The van der Waals surface area contributed by atoms with E-state index in [0.717, 1.165) is 18.4 Å². The molecule has 0 aromatic heterocycles. The van der Waals surface area contributed by atoms with Crippen LogP contribution in [-0.2, 0) is 9.59 Å². The van der Waals surface area contributed by atoms with Gasteiger partial charge in [-0.1, -0.05) is 19.4 Å². The molecular weight excluding hydrogens is 448 g/mol. The SMILES string of the molecule is CCCCOc1ccc(/C(O)=C2\C(=O)C(=O)N(CCN(C)C)C2c2ccc(O)c(OC)c2)cc1C. The van der Waals surface area contributed by atoms with Crippen molar-refractivity contribution in [2.45, 2.75) is 32.7 Å². The van der Waals surface area contributed by atoms with Crippen LogP contribution < -0.4 is 9.47 Å². The number of phenols is 1. The van der Waals surface area contributed by atoms with Crippen molar-refractivity contribution in [3.05, 3.63) is 58.7 Å². The third-order valence-electron chi connectivity index (χ3n) is 6.05. The molecule has 1 aliphatic heterocycles. The minimum atomic E-state index is -0.828. The highest BCUT2D eigenvalue weighted by Gasteiger charge is 2.46. The van der Waals surface area contributed by atoms with Gasteiger partial charge in [0.25, 0.3) is 11.7 Å². The topological polar surface area (TPSA) is 99.5 Å². The first-order valence-electron chi connectivity index (χ1n) is 11.7. The quantitative estimate of drug-likeness (QED) is 0.230. The molecule has 2 aromatic carbocycles. The highest BCUT2D eigenvalue weighted by atomic mass is 16.5. The van der Waals surface area contributed by atoms with Crippen LogP contribution in [0.5, 0.6) is 17.2 Å². The molecule has 0 spiro atoms. The molecule has 2 aromatic rings. The molecule has 188 valence electrons. The van der Waals surface area contributed by atoms with E-state index in [9.17, 15) is 19.8 Å². The number of phenolic OH excluding ortho intramolecular Hbond substituents is 1. The molecule has 8 heteroatoms. The molecule has 1 atom stereocenters. The summed E-state index contributed by atoms with van der Waals surface area (Å²) in [5, 5.41) is 21.4. The fourth-order valence-electron chi connectivity index (χ4n) is 4.07. The molecule has 1 amide bonds. The Bertz CT molecular complexity index is 1120. The fourth-order valence-corrected chi connectivity index (χ4v) is 4.07. The second-order valence-corrected chi connectivity index (χ2v) is 8.91. The van der Waals surface area contributed by atoms with E-state index in [1.54, 1.807) is 30.3 Å². The number of ether oxygens (including phenoxy) is 2. The average molecular weight is 483 g/mol. The molecule has 1 fully saturated rings. The number of nitrogens with zero attached hydrogens (tertiary/aromatic N) is 2.